The topological polar surface area (TPSA) is 52.6 Å². The minimum absolute atomic E-state index is 0.334. The molecule has 0 aliphatic rings. The first-order valence-corrected chi connectivity index (χ1v) is 9.32. The van der Waals surface area contributed by atoms with Crippen LogP contribution in [-0.2, 0) is 9.53 Å². The van der Waals surface area contributed by atoms with Gasteiger partial charge in [0.15, 0.2) is 6.61 Å². The van der Waals surface area contributed by atoms with E-state index in [1.54, 1.807) is 54.6 Å². The first-order valence-electron chi connectivity index (χ1n) is 8.94. The van der Waals surface area contributed by atoms with Crippen molar-refractivity contribution in [3.63, 3.8) is 0 Å². The summed E-state index contributed by atoms with van der Waals surface area (Å²) in [4.78, 5) is 25.3. The maximum absolute atomic E-state index is 12.8. The van der Waals surface area contributed by atoms with E-state index < -0.39 is 5.97 Å². The number of benzene rings is 3. The molecule has 0 fully saturated rings. The van der Waals surface area contributed by atoms with Crippen molar-refractivity contribution in [3.05, 3.63) is 101 Å². The van der Waals surface area contributed by atoms with Gasteiger partial charge in [-0.05, 0) is 41.5 Å². The average molecular weight is 407 g/mol. The van der Waals surface area contributed by atoms with E-state index in [4.69, 9.17) is 21.1 Å². The number of rotatable bonds is 7. The predicted molar refractivity (Wildman–Crippen MR) is 114 cm³/mol. The maximum atomic E-state index is 12.8. The number of para-hydroxylation sites is 1. The van der Waals surface area contributed by atoms with Crippen molar-refractivity contribution in [3.8, 4) is 5.75 Å². The summed E-state index contributed by atoms with van der Waals surface area (Å²) in [5.74, 6) is -0.503. The van der Waals surface area contributed by atoms with Crippen LogP contribution in [0.5, 0.6) is 5.75 Å². The molecule has 0 amide bonds. The monoisotopic (exact) mass is 406 g/mol. The van der Waals surface area contributed by atoms with Crippen molar-refractivity contribution in [1.82, 2.24) is 0 Å². The summed E-state index contributed by atoms with van der Waals surface area (Å²) in [5.41, 5.74) is 2.18. The third-order valence-corrected chi connectivity index (χ3v) is 4.48. The second kappa shape index (κ2) is 9.71. The highest BCUT2D eigenvalue weighted by molar-refractivity contribution is 6.30. The molecule has 5 heteroatoms. The molecule has 0 aliphatic heterocycles. The molecule has 0 saturated heterocycles. The lowest BCUT2D eigenvalue weighted by Crippen LogP contribution is -2.16. The van der Waals surface area contributed by atoms with Gasteiger partial charge in [-0.1, -0.05) is 66.2 Å². The van der Waals surface area contributed by atoms with Crippen LogP contribution in [0, 0.1) is 0 Å². The quantitative estimate of drug-likeness (QED) is 0.231. The summed E-state index contributed by atoms with van der Waals surface area (Å²) in [6, 6.07) is 23.1. The van der Waals surface area contributed by atoms with Crippen molar-refractivity contribution in [2.45, 2.75) is 0 Å². The zero-order valence-corrected chi connectivity index (χ0v) is 16.6. The molecule has 3 aromatic carbocycles. The summed E-state index contributed by atoms with van der Waals surface area (Å²) >= 11 is 5.96. The van der Waals surface area contributed by atoms with E-state index in [2.05, 4.69) is 0 Å². The van der Waals surface area contributed by atoms with Crippen LogP contribution in [0.15, 0.2) is 78.9 Å². The van der Waals surface area contributed by atoms with Crippen LogP contribution in [-0.4, -0.2) is 25.5 Å². The summed E-state index contributed by atoms with van der Waals surface area (Å²) in [6.07, 6.45) is 1.72. The average Bonchev–Trinajstić information content (AvgIpc) is 2.77. The number of halogens is 1. The Hall–Kier alpha value is -3.37. The zero-order chi connectivity index (χ0) is 20.6. The highest BCUT2D eigenvalue weighted by Gasteiger charge is 2.18. The molecule has 3 aromatic rings. The van der Waals surface area contributed by atoms with Crippen molar-refractivity contribution >= 4 is 35.0 Å². The van der Waals surface area contributed by atoms with Crippen molar-refractivity contribution < 1.29 is 19.1 Å². The molecule has 0 bridgehead atoms. The van der Waals surface area contributed by atoms with Gasteiger partial charge in [-0.15, -0.1) is 0 Å². The van der Waals surface area contributed by atoms with Gasteiger partial charge in [0.25, 0.3) is 0 Å². The number of methoxy groups -OCH3 is 1. The highest BCUT2D eigenvalue weighted by Crippen LogP contribution is 2.23. The molecule has 3 rings (SSSR count). The van der Waals surface area contributed by atoms with Crippen LogP contribution in [0.25, 0.3) is 11.6 Å². The van der Waals surface area contributed by atoms with Gasteiger partial charge in [0.05, 0.1) is 18.2 Å². The molecule has 29 heavy (non-hydrogen) atoms. The number of hydrogen-bond donors (Lipinski definition) is 0. The number of carbonyl (C=O) groups excluding carboxylic acids is 2. The second-order valence-electron chi connectivity index (χ2n) is 6.18. The van der Waals surface area contributed by atoms with E-state index in [9.17, 15) is 9.59 Å². The van der Waals surface area contributed by atoms with E-state index in [1.165, 1.54) is 7.11 Å². The normalized spacial score (nSPS) is 11.0. The summed E-state index contributed by atoms with van der Waals surface area (Å²) in [6.45, 7) is -0.390. The zero-order valence-electron chi connectivity index (χ0n) is 15.8. The minimum Gasteiger partial charge on any atom is -0.496 e. The largest absolute Gasteiger partial charge is 0.496 e. The Balaban J connectivity index is 1.82. The lowest BCUT2D eigenvalue weighted by molar-refractivity contribution is -0.135. The molecular formula is C24H19ClO4. The lowest BCUT2D eigenvalue weighted by atomic mass is 10.0. The molecule has 0 N–H and O–H groups in total. The molecule has 0 saturated carbocycles. The molecule has 0 radical (unpaired) electrons. The number of ether oxygens (including phenoxy) is 2. The third kappa shape index (κ3) is 5.33. The Labute approximate surface area is 174 Å². The summed E-state index contributed by atoms with van der Waals surface area (Å²) in [7, 11) is 1.49. The molecule has 0 unspecified atom stereocenters. The molecule has 146 valence electrons. The van der Waals surface area contributed by atoms with E-state index in [0.717, 1.165) is 5.56 Å². The minimum atomic E-state index is -0.598. The molecule has 0 spiro atoms. The number of carbonyl (C=O) groups is 2. The smallest absolute Gasteiger partial charge is 0.339 e. The Kier molecular flexibility index (Phi) is 6.82. The van der Waals surface area contributed by atoms with Gasteiger partial charge < -0.3 is 9.47 Å². The van der Waals surface area contributed by atoms with Crippen LogP contribution >= 0.6 is 11.6 Å². The SMILES string of the molecule is COc1ccccc1C(=O)COC(=O)/C(=C/c1ccccc1)c1ccc(Cl)cc1. The van der Waals surface area contributed by atoms with E-state index in [0.29, 0.717) is 27.5 Å². The van der Waals surface area contributed by atoms with Gasteiger partial charge >= 0.3 is 5.97 Å². The lowest BCUT2D eigenvalue weighted by Gasteiger charge is -2.10. The number of Topliss-reactive ketones (excluding diaryl/α,β-unsaturated/α-hetero) is 1. The van der Waals surface area contributed by atoms with Gasteiger partial charge in [0.2, 0.25) is 5.78 Å². The number of hydrogen-bond acceptors (Lipinski definition) is 4. The van der Waals surface area contributed by atoms with Gasteiger partial charge in [-0.2, -0.15) is 0 Å². The van der Waals surface area contributed by atoms with E-state index in [1.807, 2.05) is 30.3 Å². The van der Waals surface area contributed by atoms with E-state index in [-0.39, 0.29) is 12.4 Å². The van der Waals surface area contributed by atoms with Crippen LogP contribution < -0.4 is 4.74 Å². The van der Waals surface area contributed by atoms with Crippen molar-refractivity contribution in [1.29, 1.82) is 0 Å². The number of esters is 1. The summed E-state index contributed by atoms with van der Waals surface area (Å²) in [5, 5.41) is 0.563. The van der Waals surface area contributed by atoms with Crippen LogP contribution in [0.3, 0.4) is 0 Å². The van der Waals surface area contributed by atoms with E-state index >= 15 is 0 Å². The van der Waals surface area contributed by atoms with Crippen molar-refractivity contribution in [2.75, 3.05) is 13.7 Å². The molecule has 0 atom stereocenters. The van der Waals surface area contributed by atoms with Gasteiger partial charge in [0.1, 0.15) is 5.75 Å². The van der Waals surface area contributed by atoms with Gasteiger partial charge in [-0.3, -0.25) is 4.79 Å². The van der Waals surface area contributed by atoms with Crippen LogP contribution in [0.1, 0.15) is 21.5 Å². The molecular weight excluding hydrogens is 388 g/mol. The standard InChI is InChI=1S/C24H19ClO4/c1-28-23-10-6-5-9-20(23)22(26)16-29-24(27)21(15-17-7-3-2-4-8-17)18-11-13-19(25)14-12-18/h2-15H,16H2,1H3/b21-15+. The van der Waals surface area contributed by atoms with Crippen LogP contribution in [0.4, 0.5) is 0 Å². The Bertz CT molecular complexity index is 1020. The first kappa shape index (κ1) is 20.4. The predicted octanol–water partition coefficient (Wildman–Crippen LogP) is 5.32. The molecule has 0 aliphatic carbocycles. The highest BCUT2D eigenvalue weighted by atomic mass is 35.5. The molecule has 4 nitrogen and oxygen atoms in total. The molecule has 0 aromatic heterocycles. The Morgan fingerprint density at radius 1 is 0.897 bits per heavy atom. The van der Waals surface area contributed by atoms with Crippen molar-refractivity contribution in [2.24, 2.45) is 0 Å². The number of ketones is 1. The fourth-order valence-corrected chi connectivity index (χ4v) is 2.89. The molecule has 0 heterocycles. The fraction of sp³-hybridized carbons (Fsp3) is 0.0833. The second-order valence-corrected chi connectivity index (χ2v) is 6.61. The van der Waals surface area contributed by atoms with Gasteiger partial charge in [0, 0.05) is 5.02 Å². The maximum Gasteiger partial charge on any atom is 0.339 e. The Morgan fingerprint density at radius 2 is 1.55 bits per heavy atom. The summed E-state index contributed by atoms with van der Waals surface area (Å²) < 4.78 is 10.5. The third-order valence-electron chi connectivity index (χ3n) is 4.23. The van der Waals surface area contributed by atoms with Crippen LogP contribution in [0.2, 0.25) is 5.02 Å². The Morgan fingerprint density at radius 3 is 2.24 bits per heavy atom. The first-order chi connectivity index (χ1) is 14.1. The van der Waals surface area contributed by atoms with Gasteiger partial charge in [-0.25, -0.2) is 4.79 Å². The fourth-order valence-electron chi connectivity index (χ4n) is 2.77.